The topological polar surface area (TPSA) is 70.2 Å². The Morgan fingerprint density at radius 3 is 2.64 bits per heavy atom. The molecule has 0 spiro atoms. The zero-order valence-electron chi connectivity index (χ0n) is 14.5. The molecule has 5 nitrogen and oxygen atoms in total. The van der Waals surface area contributed by atoms with Gasteiger partial charge in [-0.05, 0) is 43.6 Å². The second-order valence-corrected chi connectivity index (χ2v) is 6.78. The van der Waals surface area contributed by atoms with Gasteiger partial charge in [0, 0.05) is 11.4 Å². The third-order valence-corrected chi connectivity index (χ3v) is 4.57. The molecule has 0 saturated carbocycles. The number of rotatable bonds is 9. The minimum absolute atomic E-state index is 0.138. The second kappa shape index (κ2) is 10.1. The van der Waals surface area contributed by atoms with Gasteiger partial charge in [-0.3, -0.25) is 9.59 Å². The van der Waals surface area contributed by atoms with Crippen LogP contribution in [0.2, 0.25) is 0 Å². The van der Waals surface area contributed by atoms with E-state index in [-0.39, 0.29) is 17.9 Å². The van der Waals surface area contributed by atoms with Crippen LogP contribution in [0.3, 0.4) is 0 Å². The van der Waals surface area contributed by atoms with Crippen molar-refractivity contribution in [2.75, 3.05) is 11.1 Å². The first-order valence-electron chi connectivity index (χ1n) is 8.81. The SMILES string of the molecule is C=C1CC[C@H](C(=O)N[C@@H](CCCCCS)C(=O)Nc2ccccc2)N1. The molecule has 25 heavy (non-hydrogen) atoms. The van der Waals surface area contributed by atoms with Crippen LogP contribution in [-0.2, 0) is 9.59 Å². The lowest BCUT2D eigenvalue weighted by molar-refractivity contribution is -0.127. The van der Waals surface area contributed by atoms with Crippen LogP contribution in [0.15, 0.2) is 42.6 Å². The van der Waals surface area contributed by atoms with E-state index in [0.29, 0.717) is 6.42 Å². The highest BCUT2D eigenvalue weighted by Crippen LogP contribution is 2.15. The zero-order valence-corrected chi connectivity index (χ0v) is 15.4. The van der Waals surface area contributed by atoms with Crippen LogP contribution in [0.25, 0.3) is 0 Å². The van der Waals surface area contributed by atoms with Crippen LogP contribution >= 0.6 is 12.6 Å². The lowest BCUT2D eigenvalue weighted by atomic mass is 10.1. The van der Waals surface area contributed by atoms with Crippen molar-refractivity contribution in [1.29, 1.82) is 0 Å². The van der Waals surface area contributed by atoms with Crippen molar-refractivity contribution < 1.29 is 9.59 Å². The van der Waals surface area contributed by atoms with Gasteiger partial charge in [-0.25, -0.2) is 0 Å². The third-order valence-electron chi connectivity index (χ3n) is 4.25. The minimum Gasteiger partial charge on any atom is -0.378 e. The van der Waals surface area contributed by atoms with Gasteiger partial charge < -0.3 is 16.0 Å². The van der Waals surface area contributed by atoms with E-state index in [0.717, 1.165) is 49.2 Å². The van der Waals surface area contributed by atoms with Crippen molar-refractivity contribution in [2.24, 2.45) is 0 Å². The summed E-state index contributed by atoms with van der Waals surface area (Å²) in [5, 5.41) is 8.86. The van der Waals surface area contributed by atoms with Gasteiger partial charge in [-0.2, -0.15) is 12.6 Å². The van der Waals surface area contributed by atoms with E-state index in [2.05, 4.69) is 35.2 Å². The molecule has 1 aromatic rings. The van der Waals surface area contributed by atoms with Gasteiger partial charge in [0.15, 0.2) is 0 Å². The van der Waals surface area contributed by atoms with Gasteiger partial charge in [-0.15, -0.1) is 0 Å². The number of benzene rings is 1. The molecule has 1 saturated heterocycles. The first-order valence-corrected chi connectivity index (χ1v) is 9.45. The summed E-state index contributed by atoms with van der Waals surface area (Å²) in [5.74, 6) is 0.518. The summed E-state index contributed by atoms with van der Waals surface area (Å²) in [7, 11) is 0. The summed E-state index contributed by atoms with van der Waals surface area (Å²) < 4.78 is 0. The third kappa shape index (κ3) is 6.46. The molecule has 6 heteroatoms. The fourth-order valence-corrected chi connectivity index (χ4v) is 3.06. The first kappa shape index (κ1) is 19.4. The zero-order chi connectivity index (χ0) is 18.1. The highest BCUT2D eigenvalue weighted by molar-refractivity contribution is 7.80. The van der Waals surface area contributed by atoms with Crippen molar-refractivity contribution in [3.05, 3.63) is 42.6 Å². The van der Waals surface area contributed by atoms with Gasteiger partial charge in [0.25, 0.3) is 0 Å². The molecule has 3 N–H and O–H groups in total. The van der Waals surface area contributed by atoms with Gasteiger partial charge in [0.1, 0.15) is 12.1 Å². The minimum atomic E-state index is -0.539. The maximum Gasteiger partial charge on any atom is 0.246 e. The van der Waals surface area contributed by atoms with E-state index in [1.165, 1.54) is 0 Å². The summed E-state index contributed by atoms with van der Waals surface area (Å²) >= 11 is 4.21. The standard InChI is InChI=1S/C19H27N3O2S/c1-14-11-12-17(20-14)19(24)22-16(10-6-3-7-13-25)18(23)21-15-8-4-2-5-9-15/h2,4-5,8-9,16-17,20,25H,1,3,6-7,10-13H2,(H,21,23)(H,22,24)/t16-,17+/m0/s1. The molecule has 1 aliphatic heterocycles. The van der Waals surface area contributed by atoms with E-state index in [9.17, 15) is 9.59 Å². The quantitative estimate of drug-likeness (QED) is 0.404. The van der Waals surface area contributed by atoms with Crippen molar-refractivity contribution >= 4 is 30.1 Å². The Bertz CT molecular complexity index is 592. The molecule has 0 aliphatic carbocycles. The molecule has 2 amide bonds. The molecule has 0 aromatic heterocycles. The predicted octanol–water partition coefficient (Wildman–Crippen LogP) is 2.87. The number of carbonyl (C=O) groups is 2. The molecule has 0 unspecified atom stereocenters. The van der Waals surface area contributed by atoms with Crippen LogP contribution < -0.4 is 16.0 Å². The number of anilines is 1. The predicted molar refractivity (Wildman–Crippen MR) is 105 cm³/mol. The molecular formula is C19H27N3O2S. The van der Waals surface area contributed by atoms with E-state index < -0.39 is 6.04 Å². The van der Waals surface area contributed by atoms with Crippen molar-refractivity contribution in [1.82, 2.24) is 10.6 Å². The maximum atomic E-state index is 12.6. The molecule has 1 heterocycles. The molecule has 136 valence electrons. The summed E-state index contributed by atoms with van der Waals surface area (Å²) in [6.45, 7) is 3.85. The summed E-state index contributed by atoms with van der Waals surface area (Å²) in [6.07, 6.45) is 5.00. The lowest BCUT2D eigenvalue weighted by Crippen LogP contribution is -2.49. The maximum absolute atomic E-state index is 12.6. The van der Waals surface area contributed by atoms with Crippen molar-refractivity contribution in [3.8, 4) is 0 Å². The van der Waals surface area contributed by atoms with E-state index in [1.807, 2.05) is 30.3 Å². The lowest BCUT2D eigenvalue weighted by Gasteiger charge is -2.21. The monoisotopic (exact) mass is 361 g/mol. The van der Waals surface area contributed by atoms with E-state index in [1.54, 1.807) is 0 Å². The Morgan fingerprint density at radius 1 is 1.24 bits per heavy atom. The molecule has 1 fully saturated rings. The molecule has 0 bridgehead atoms. The highest BCUT2D eigenvalue weighted by Gasteiger charge is 2.28. The molecule has 0 radical (unpaired) electrons. The number of thiol groups is 1. The molecule has 1 aromatic carbocycles. The number of hydrogen-bond donors (Lipinski definition) is 4. The van der Waals surface area contributed by atoms with Gasteiger partial charge in [0.05, 0.1) is 0 Å². The molecule has 1 aliphatic rings. The number of nitrogens with one attached hydrogen (secondary N) is 3. The van der Waals surface area contributed by atoms with Gasteiger partial charge >= 0.3 is 0 Å². The Kier molecular flexibility index (Phi) is 7.85. The normalized spacial score (nSPS) is 17.6. The number of hydrogen-bond acceptors (Lipinski definition) is 4. The highest BCUT2D eigenvalue weighted by atomic mass is 32.1. The fourth-order valence-electron chi connectivity index (χ4n) is 2.83. The summed E-state index contributed by atoms with van der Waals surface area (Å²) in [5.41, 5.74) is 1.61. The number of carbonyl (C=O) groups excluding carboxylic acids is 2. The van der Waals surface area contributed by atoms with Crippen LogP contribution in [0.4, 0.5) is 5.69 Å². The number of allylic oxidation sites excluding steroid dienone is 1. The number of unbranched alkanes of at least 4 members (excludes halogenated alkanes) is 2. The largest absolute Gasteiger partial charge is 0.378 e. The first-order chi connectivity index (χ1) is 12.1. The fraction of sp³-hybridized carbons (Fsp3) is 0.474. The van der Waals surface area contributed by atoms with Crippen LogP contribution in [0.1, 0.15) is 38.5 Å². The van der Waals surface area contributed by atoms with Gasteiger partial charge in [0.2, 0.25) is 11.8 Å². The Labute approximate surface area is 155 Å². The van der Waals surface area contributed by atoms with Crippen LogP contribution in [0, 0.1) is 0 Å². The van der Waals surface area contributed by atoms with Crippen LogP contribution in [-0.4, -0.2) is 29.7 Å². The molecule has 2 atom stereocenters. The second-order valence-electron chi connectivity index (χ2n) is 6.33. The van der Waals surface area contributed by atoms with Crippen molar-refractivity contribution in [2.45, 2.75) is 50.6 Å². The number of para-hydroxylation sites is 1. The molecule has 2 rings (SSSR count). The Hall–Kier alpha value is -1.95. The summed E-state index contributed by atoms with van der Waals surface area (Å²) in [4.78, 5) is 25.1. The van der Waals surface area contributed by atoms with Crippen molar-refractivity contribution in [3.63, 3.8) is 0 Å². The Morgan fingerprint density at radius 2 is 2.00 bits per heavy atom. The summed E-state index contributed by atoms with van der Waals surface area (Å²) in [6, 6.07) is 8.46. The smallest absolute Gasteiger partial charge is 0.246 e. The van der Waals surface area contributed by atoms with Gasteiger partial charge in [-0.1, -0.05) is 37.6 Å². The van der Waals surface area contributed by atoms with E-state index in [4.69, 9.17) is 0 Å². The average molecular weight is 362 g/mol. The number of amides is 2. The molecular weight excluding hydrogens is 334 g/mol. The average Bonchev–Trinajstić information content (AvgIpc) is 3.05. The Balaban J connectivity index is 1.94. The van der Waals surface area contributed by atoms with E-state index >= 15 is 0 Å². The van der Waals surface area contributed by atoms with Crippen LogP contribution in [0.5, 0.6) is 0 Å².